The largest absolute Gasteiger partial charge is 0.493 e. The lowest BCUT2D eigenvalue weighted by Gasteiger charge is -2.37. The van der Waals surface area contributed by atoms with Gasteiger partial charge in [0.25, 0.3) is 0 Å². The van der Waals surface area contributed by atoms with Crippen LogP contribution in [0.4, 0.5) is 0 Å². The quantitative estimate of drug-likeness (QED) is 0.790. The molecule has 0 bridgehead atoms. The number of hydroxylamine groups is 2. The minimum absolute atomic E-state index is 0.103. The fourth-order valence-corrected chi connectivity index (χ4v) is 3.09. The number of ether oxygens (including phenoxy) is 1. The van der Waals surface area contributed by atoms with E-state index in [1.54, 1.807) is 0 Å². The molecule has 0 unspecified atom stereocenters. The number of fused-ring (bicyclic) bond motifs is 1. The lowest BCUT2D eigenvalue weighted by Crippen LogP contribution is -2.54. The van der Waals surface area contributed by atoms with Crippen LogP contribution in [-0.4, -0.2) is 35.9 Å². The molecule has 2 aromatic carbocycles. The van der Waals surface area contributed by atoms with E-state index in [0.29, 0.717) is 18.2 Å². The predicted molar refractivity (Wildman–Crippen MR) is 109 cm³/mol. The molecule has 0 aromatic heterocycles. The highest BCUT2D eigenvalue weighted by molar-refractivity contribution is 6.35. The van der Waals surface area contributed by atoms with Crippen molar-refractivity contribution in [2.75, 3.05) is 13.2 Å². The summed E-state index contributed by atoms with van der Waals surface area (Å²) in [6, 6.07) is 11.6. The van der Waals surface area contributed by atoms with Gasteiger partial charge in [0.15, 0.2) is 5.66 Å². The van der Waals surface area contributed by atoms with Crippen LogP contribution in [0.1, 0.15) is 20.8 Å². The van der Waals surface area contributed by atoms with Crippen molar-refractivity contribution in [2.24, 2.45) is 27.4 Å². The summed E-state index contributed by atoms with van der Waals surface area (Å²) in [5.41, 5.74) is 10.9. The summed E-state index contributed by atoms with van der Waals surface area (Å²) >= 11 is 6.25. The van der Waals surface area contributed by atoms with Crippen LogP contribution in [0.3, 0.4) is 0 Å². The van der Waals surface area contributed by atoms with E-state index >= 15 is 0 Å². The van der Waals surface area contributed by atoms with Crippen molar-refractivity contribution in [2.45, 2.75) is 26.4 Å². The third-order valence-electron chi connectivity index (χ3n) is 4.16. The lowest BCUT2D eigenvalue weighted by molar-refractivity contribution is -0.167. The average Bonchev–Trinajstić information content (AvgIpc) is 2.60. The van der Waals surface area contributed by atoms with Gasteiger partial charge in [0, 0.05) is 21.7 Å². The van der Waals surface area contributed by atoms with Crippen molar-refractivity contribution in [3.8, 4) is 5.75 Å². The SMILES string of the molecule is C[C@H](COc1ccc(Cl)c2ccccc12)CON1C(N)=NC(N)=NC1(C)C. The number of nitrogens with zero attached hydrogens (tertiary/aromatic N) is 3. The molecule has 0 amide bonds. The summed E-state index contributed by atoms with van der Waals surface area (Å²) in [5, 5.41) is 4.13. The zero-order chi connectivity index (χ0) is 19.6. The Bertz CT molecular complexity index is 897. The molecule has 0 saturated carbocycles. The number of hydrogen-bond donors (Lipinski definition) is 2. The Morgan fingerprint density at radius 1 is 1.11 bits per heavy atom. The van der Waals surface area contributed by atoms with Crippen molar-refractivity contribution in [1.82, 2.24) is 5.06 Å². The van der Waals surface area contributed by atoms with Crippen LogP contribution in [0.15, 0.2) is 46.4 Å². The molecule has 3 rings (SSSR count). The Labute approximate surface area is 163 Å². The van der Waals surface area contributed by atoms with Gasteiger partial charge in [-0.3, -0.25) is 4.84 Å². The number of nitrogens with two attached hydrogens (primary N) is 2. The highest BCUT2D eigenvalue weighted by atomic mass is 35.5. The molecular formula is C19H24ClN5O2. The highest BCUT2D eigenvalue weighted by Gasteiger charge is 2.33. The zero-order valence-electron chi connectivity index (χ0n) is 15.6. The van der Waals surface area contributed by atoms with E-state index in [2.05, 4.69) is 9.98 Å². The van der Waals surface area contributed by atoms with Gasteiger partial charge in [-0.05, 0) is 26.0 Å². The van der Waals surface area contributed by atoms with Crippen molar-refractivity contribution < 1.29 is 9.57 Å². The third-order valence-corrected chi connectivity index (χ3v) is 4.49. The van der Waals surface area contributed by atoms with Gasteiger partial charge >= 0.3 is 0 Å². The first kappa shape index (κ1) is 19.3. The Morgan fingerprint density at radius 2 is 1.81 bits per heavy atom. The first-order chi connectivity index (χ1) is 12.8. The number of hydrogen-bond acceptors (Lipinski definition) is 7. The summed E-state index contributed by atoms with van der Waals surface area (Å²) in [5.74, 6) is 1.22. The molecule has 0 aliphatic carbocycles. The van der Waals surface area contributed by atoms with E-state index in [0.717, 1.165) is 16.5 Å². The maximum atomic E-state index is 6.25. The number of benzene rings is 2. The van der Waals surface area contributed by atoms with E-state index in [1.165, 1.54) is 5.06 Å². The molecule has 4 N–H and O–H groups in total. The second-order valence-electron chi connectivity index (χ2n) is 7.03. The molecule has 144 valence electrons. The maximum Gasteiger partial charge on any atom is 0.226 e. The molecule has 1 aliphatic heterocycles. The van der Waals surface area contributed by atoms with Crippen LogP contribution >= 0.6 is 11.6 Å². The summed E-state index contributed by atoms with van der Waals surface area (Å²) in [6.45, 7) is 6.59. The fourth-order valence-electron chi connectivity index (χ4n) is 2.86. The average molecular weight is 390 g/mol. The lowest BCUT2D eigenvalue weighted by atomic mass is 10.1. The minimum atomic E-state index is -0.719. The molecule has 2 aromatic rings. The van der Waals surface area contributed by atoms with E-state index in [1.807, 2.05) is 57.2 Å². The summed E-state index contributed by atoms with van der Waals surface area (Å²) in [6.07, 6.45) is 0. The van der Waals surface area contributed by atoms with E-state index < -0.39 is 5.66 Å². The Kier molecular flexibility index (Phi) is 5.43. The normalized spacial score (nSPS) is 17.4. The van der Waals surface area contributed by atoms with Gasteiger partial charge in [-0.25, -0.2) is 4.99 Å². The number of aliphatic imine (C=N–C) groups is 2. The first-order valence-corrected chi connectivity index (χ1v) is 9.08. The Balaban J connectivity index is 1.60. The number of guanidine groups is 2. The number of halogens is 1. The third kappa shape index (κ3) is 4.26. The van der Waals surface area contributed by atoms with Crippen LogP contribution in [-0.2, 0) is 4.84 Å². The van der Waals surface area contributed by atoms with Crippen molar-refractivity contribution in [1.29, 1.82) is 0 Å². The Hall–Kier alpha value is -2.51. The predicted octanol–water partition coefficient (Wildman–Crippen LogP) is 3.12. The fraction of sp³-hybridized carbons (Fsp3) is 0.368. The smallest absolute Gasteiger partial charge is 0.226 e. The molecule has 0 radical (unpaired) electrons. The number of rotatable bonds is 6. The van der Waals surface area contributed by atoms with Gasteiger partial charge in [-0.1, -0.05) is 42.8 Å². The van der Waals surface area contributed by atoms with Crippen LogP contribution in [0.2, 0.25) is 5.02 Å². The van der Waals surface area contributed by atoms with Gasteiger partial charge in [0.2, 0.25) is 11.9 Å². The van der Waals surface area contributed by atoms with Crippen molar-refractivity contribution in [3.63, 3.8) is 0 Å². The topological polar surface area (TPSA) is 98.5 Å². The molecule has 1 heterocycles. The second kappa shape index (κ2) is 7.62. The zero-order valence-corrected chi connectivity index (χ0v) is 16.4. The second-order valence-corrected chi connectivity index (χ2v) is 7.44. The molecule has 0 saturated heterocycles. The van der Waals surface area contributed by atoms with Crippen LogP contribution < -0.4 is 16.2 Å². The van der Waals surface area contributed by atoms with Gasteiger partial charge in [0.1, 0.15) is 5.75 Å². The summed E-state index contributed by atoms with van der Waals surface area (Å²) in [7, 11) is 0. The molecule has 7 nitrogen and oxygen atoms in total. The molecule has 1 aliphatic rings. The van der Waals surface area contributed by atoms with Gasteiger partial charge in [0.05, 0.1) is 13.2 Å². The highest BCUT2D eigenvalue weighted by Crippen LogP contribution is 2.31. The molecule has 0 spiro atoms. The molecule has 0 fully saturated rings. The van der Waals surface area contributed by atoms with E-state index in [9.17, 15) is 0 Å². The monoisotopic (exact) mass is 389 g/mol. The van der Waals surface area contributed by atoms with Crippen LogP contribution in [0.25, 0.3) is 10.8 Å². The maximum absolute atomic E-state index is 6.25. The van der Waals surface area contributed by atoms with Crippen LogP contribution in [0.5, 0.6) is 5.75 Å². The summed E-state index contributed by atoms with van der Waals surface area (Å²) < 4.78 is 6.01. The molecular weight excluding hydrogens is 366 g/mol. The van der Waals surface area contributed by atoms with Crippen molar-refractivity contribution >= 4 is 34.3 Å². The van der Waals surface area contributed by atoms with E-state index in [-0.39, 0.29) is 17.8 Å². The van der Waals surface area contributed by atoms with Gasteiger partial charge in [-0.2, -0.15) is 10.1 Å². The first-order valence-electron chi connectivity index (χ1n) is 8.70. The Morgan fingerprint density at radius 3 is 2.52 bits per heavy atom. The molecule has 27 heavy (non-hydrogen) atoms. The van der Waals surface area contributed by atoms with Crippen molar-refractivity contribution in [3.05, 3.63) is 41.4 Å². The standard InChI is InChI=1S/C19H24ClN5O2/c1-12(11-27-25-18(22)23-17(21)24-19(25,2)3)10-26-16-9-8-15(20)13-6-4-5-7-14(13)16/h4-9,12H,10-11H2,1-3H3,(H4,21,22,23,24)/t12-/m1/s1. The summed E-state index contributed by atoms with van der Waals surface area (Å²) in [4.78, 5) is 14.0. The van der Waals surface area contributed by atoms with Gasteiger partial charge in [-0.15, -0.1) is 0 Å². The minimum Gasteiger partial charge on any atom is -0.493 e. The van der Waals surface area contributed by atoms with Crippen LogP contribution in [0, 0.1) is 5.92 Å². The molecule has 8 heteroatoms. The van der Waals surface area contributed by atoms with Gasteiger partial charge < -0.3 is 16.2 Å². The molecule has 1 atom stereocenters. The van der Waals surface area contributed by atoms with E-state index in [4.69, 9.17) is 32.6 Å².